The zero-order valence-corrected chi connectivity index (χ0v) is 10.1. The molecule has 0 spiro atoms. The summed E-state index contributed by atoms with van der Waals surface area (Å²) in [6.45, 7) is 0.583. The van der Waals surface area contributed by atoms with Gasteiger partial charge in [-0.2, -0.15) is 14.3 Å². The van der Waals surface area contributed by atoms with Gasteiger partial charge < -0.3 is 0 Å². The third-order valence-corrected chi connectivity index (χ3v) is 3.64. The van der Waals surface area contributed by atoms with Gasteiger partial charge in [-0.1, -0.05) is 6.08 Å². The second-order valence-electron chi connectivity index (χ2n) is 5.00. The Kier molecular flexibility index (Phi) is 2.43. The molecule has 1 unspecified atom stereocenters. The molecule has 1 heterocycles. The lowest BCUT2D eigenvalue weighted by Crippen LogP contribution is -2.53. The predicted molar refractivity (Wildman–Crippen MR) is 62.8 cm³/mol. The number of rotatable bonds is 2. The van der Waals surface area contributed by atoms with Crippen molar-refractivity contribution in [3.8, 4) is 0 Å². The Morgan fingerprint density at radius 3 is 2.83 bits per heavy atom. The average molecular weight is 249 g/mol. The summed E-state index contributed by atoms with van der Waals surface area (Å²) in [5, 5.41) is 0. The lowest BCUT2D eigenvalue weighted by molar-refractivity contribution is -0.443. The van der Waals surface area contributed by atoms with Crippen LogP contribution in [0.25, 0.3) is 0 Å². The molecule has 3 amide bonds. The number of amides is 3. The van der Waals surface area contributed by atoms with Crippen LogP contribution in [-0.4, -0.2) is 40.7 Å². The first kappa shape index (κ1) is 11.3. The second kappa shape index (κ2) is 3.86. The van der Waals surface area contributed by atoms with E-state index in [-0.39, 0.29) is 6.03 Å². The molecule has 3 aliphatic rings. The maximum Gasteiger partial charge on any atom is 0.500 e. The highest BCUT2D eigenvalue weighted by molar-refractivity contribution is 6.16. The summed E-state index contributed by atoms with van der Waals surface area (Å²) < 4.78 is 15.3. The number of carbonyl (C=O) groups is 2. The van der Waals surface area contributed by atoms with Gasteiger partial charge in [0.05, 0.1) is 13.6 Å². The van der Waals surface area contributed by atoms with Gasteiger partial charge in [-0.05, 0) is 30.9 Å². The van der Waals surface area contributed by atoms with Crippen LogP contribution >= 0.6 is 0 Å². The Morgan fingerprint density at radius 1 is 1.44 bits per heavy atom. The van der Waals surface area contributed by atoms with E-state index in [2.05, 4.69) is 0 Å². The highest BCUT2D eigenvalue weighted by atomic mass is 19.1. The monoisotopic (exact) mass is 249 g/mol. The molecule has 1 fully saturated rings. The quantitative estimate of drug-likeness (QED) is 0.695. The van der Waals surface area contributed by atoms with Crippen LogP contribution in [0, 0.1) is 11.8 Å². The zero-order valence-electron chi connectivity index (χ0n) is 10.1. The summed E-state index contributed by atoms with van der Waals surface area (Å²) >= 11 is 0. The van der Waals surface area contributed by atoms with Crippen molar-refractivity contribution < 1.29 is 18.6 Å². The number of hydrogen-bond acceptors (Lipinski definition) is 2. The first-order valence-electron chi connectivity index (χ1n) is 6.09. The molecule has 1 aliphatic heterocycles. The fraction of sp³-hybridized carbons (Fsp3) is 0.462. The maximum atomic E-state index is 13.8. The van der Waals surface area contributed by atoms with Gasteiger partial charge in [0.2, 0.25) is 0 Å². The number of hydrogen-bond donors (Lipinski definition) is 0. The normalized spacial score (nSPS) is 27.6. The van der Waals surface area contributed by atoms with Crippen LogP contribution in [0.4, 0.5) is 9.18 Å². The van der Waals surface area contributed by atoms with Crippen LogP contribution < -0.4 is 0 Å². The van der Waals surface area contributed by atoms with E-state index in [0.29, 0.717) is 18.2 Å². The molecule has 0 N–H and O–H groups in total. The Morgan fingerprint density at radius 2 is 2.17 bits per heavy atom. The SMILES string of the molecule is CN1C(=O)C2C(F)=CC=CC2=[N+](CC2CC2)C1=O. The maximum absolute atomic E-state index is 13.8. The summed E-state index contributed by atoms with van der Waals surface area (Å²) in [5.41, 5.74) is 0.481. The molecule has 0 saturated heterocycles. The van der Waals surface area contributed by atoms with Crippen LogP contribution in [0.15, 0.2) is 24.1 Å². The largest absolute Gasteiger partial charge is 0.500 e. The standard InChI is InChI=1S/C13H14FN2O2/c1-15-12(17)11-9(14)3-2-4-10(11)16(13(15)18)7-8-5-6-8/h2-4,8,11H,5-7H2,1H3/q+1. The first-order chi connectivity index (χ1) is 8.59. The zero-order chi connectivity index (χ0) is 12.9. The van der Waals surface area contributed by atoms with Gasteiger partial charge in [0, 0.05) is 0 Å². The van der Waals surface area contributed by atoms with Crippen molar-refractivity contribution in [2.75, 3.05) is 13.6 Å². The van der Waals surface area contributed by atoms with Crippen molar-refractivity contribution in [1.82, 2.24) is 4.90 Å². The van der Waals surface area contributed by atoms with Crippen molar-refractivity contribution in [1.29, 1.82) is 0 Å². The molecule has 0 aromatic heterocycles. The summed E-state index contributed by atoms with van der Waals surface area (Å²) in [4.78, 5) is 25.1. The number of allylic oxidation sites excluding steroid dienone is 3. The Balaban J connectivity index is 2.08. The van der Waals surface area contributed by atoms with Gasteiger partial charge in [-0.3, -0.25) is 0 Å². The van der Waals surface area contributed by atoms with Crippen molar-refractivity contribution >= 4 is 17.6 Å². The molecule has 0 bridgehead atoms. The van der Waals surface area contributed by atoms with Gasteiger partial charge in [0.25, 0.3) is 0 Å². The Labute approximate surface area is 104 Å². The number of nitrogens with zero attached hydrogens (tertiary/aromatic N) is 2. The van der Waals surface area contributed by atoms with Crippen molar-refractivity contribution in [2.24, 2.45) is 11.8 Å². The number of imide groups is 1. The first-order valence-corrected chi connectivity index (χ1v) is 6.09. The molecular formula is C13H14FN2O2+. The highest BCUT2D eigenvalue weighted by Crippen LogP contribution is 2.31. The lowest BCUT2D eigenvalue weighted by atomic mass is 9.93. The summed E-state index contributed by atoms with van der Waals surface area (Å²) in [6.07, 6.45) is 6.69. The molecule has 1 atom stereocenters. The van der Waals surface area contributed by atoms with E-state index in [1.54, 1.807) is 16.7 Å². The van der Waals surface area contributed by atoms with E-state index >= 15 is 0 Å². The summed E-state index contributed by atoms with van der Waals surface area (Å²) in [7, 11) is 1.41. The second-order valence-corrected chi connectivity index (χ2v) is 5.00. The fourth-order valence-corrected chi connectivity index (χ4v) is 2.38. The topological polar surface area (TPSA) is 40.4 Å². The van der Waals surface area contributed by atoms with E-state index in [4.69, 9.17) is 0 Å². The highest BCUT2D eigenvalue weighted by Gasteiger charge is 2.48. The molecule has 0 radical (unpaired) electrons. The molecule has 1 saturated carbocycles. The van der Waals surface area contributed by atoms with Crippen molar-refractivity contribution in [3.05, 3.63) is 24.1 Å². The van der Waals surface area contributed by atoms with Gasteiger partial charge >= 0.3 is 11.9 Å². The van der Waals surface area contributed by atoms with E-state index in [9.17, 15) is 14.0 Å². The molecule has 2 aliphatic carbocycles. The minimum absolute atomic E-state index is 0.350. The predicted octanol–water partition coefficient (Wildman–Crippen LogP) is 1.48. The van der Waals surface area contributed by atoms with E-state index in [1.807, 2.05) is 0 Å². The molecule has 0 aromatic carbocycles. The lowest BCUT2D eigenvalue weighted by Gasteiger charge is -2.25. The molecular weight excluding hydrogens is 235 g/mol. The van der Waals surface area contributed by atoms with Gasteiger partial charge in [-0.25, -0.2) is 9.18 Å². The summed E-state index contributed by atoms with van der Waals surface area (Å²) in [5.74, 6) is -1.42. The van der Waals surface area contributed by atoms with E-state index in [1.165, 1.54) is 13.1 Å². The van der Waals surface area contributed by atoms with E-state index < -0.39 is 17.7 Å². The smallest absolute Gasteiger partial charge is 0.245 e. The van der Waals surface area contributed by atoms with Gasteiger partial charge in [-0.15, -0.1) is 0 Å². The van der Waals surface area contributed by atoms with Crippen LogP contribution in [0.3, 0.4) is 0 Å². The number of urea groups is 1. The third kappa shape index (κ3) is 1.62. The number of carbonyl (C=O) groups excluding carboxylic acids is 2. The van der Waals surface area contributed by atoms with Crippen LogP contribution in [-0.2, 0) is 4.79 Å². The molecule has 94 valence electrons. The van der Waals surface area contributed by atoms with E-state index in [0.717, 1.165) is 17.7 Å². The molecule has 5 heteroatoms. The third-order valence-electron chi connectivity index (χ3n) is 3.64. The Hall–Kier alpha value is -1.78. The Bertz CT molecular complexity index is 529. The average Bonchev–Trinajstić information content (AvgIpc) is 3.15. The van der Waals surface area contributed by atoms with Crippen LogP contribution in [0.5, 0.6) is 0 Å². The summed E-state index contributed by atoms with van der Waals surface area (Å²) in [6, 6.07) is -0.350. The van der Waals surface area contributed by atoms with Gasteiger partial charge in [0.1, 0.15) is 11.5 Å². The minimum atomic E-state index is -0.934. The van der Waals surface area contributed by atoms with Crippen LogP contribution in [0.2, 0.25) is 0 Å². The number of halogens is 1. The minimum Gasteiger partial charge on any atom is -0.245 e. The van der Waals surface area contributed by atoms with Crippen molar-refractivity contribution in [3.63, 3.8) is 0 Å². The van der Waals surface area contributed by atoms with Crippen LogP contribution in [0.1, 0.15) is 12.8 Å². The number of fused-ring (bicyclic) bond motifs is 1. The van der Waals surface area contributed by atoms with Gasteiger partial charge in [0.15, 0.2) is 5.92 Å². The fourth-order valence-electron chi connectivity index (χ4n) is 2.38. The van der Waals surface area contributed by atoms with Crippen molar-refractivity contribution in [2.45, 2.75) is 12.8 Å². The molecule has 18 heavy (non-hydrogen) atoms. The molecule has 0 aromatic rings. The molecule has 3 rings (SSSR count). The molecule has 4 nitrogen and oxygen atoms in total.